The van der Waals surface area contributed by atoms with Crippen molar-refractivity contribution in [2.75, 3.05) is 15.9 Å². The molecule has 0 atom stereocenters. The predicted molar refractivity (Wildman–Crippen MR) is 145 cm³/mol. The Balaban J connectivity index is 1.72. The lowest BCUT2D eigenvalue weighted by atomic mass is 9.81. The zero-order chi connectivity index (χ0) is 25.6. The van der Waals surface area contributed by atoms with Crippen LogP contribution >= 0.6 is 11.9 Å². The van der Waals surface area contributed by atoms with Crippen molar-refractivity contribution in [2.45, 2.75) is 33.7 Å². The van der Waals surface area contributed by atoms with E-state index in [1.54, 1.807) is 19.0 Å². The number of carbonyl (C=O) groups is 1. The number of hydrogen-bond donors (Lipinski definition) is 2. The van der Waals surface area contributed by atoms with Crippen LogP contribution in [0.15, 0.2) is 42.5 Å². The molecule has 0 unspecified atom stereocenters. The Labute approximate surface area is 214 Å². The molecule has 5 rings (SSSR count). The number of nitrogens with one attached hydrogen (secondary N) is 1. The molecular formula is C27H28N6O2S. The van der Waals surface area contributed by atoms with Crippen LogP contribution in [0.25, 0.3) is 22.3 Å². The molecule has 9 heteroatoms. The van der Waals surface area contributed by atoms with Crippen LogP contribution in [0.4, 0.5) is 17.3 Å². The summed E-state index contributed by atoms with van der Waals surface area (Å²) in [4.78, 5) is 13.4. The number of nitrogens with zero attached hydrogens (tertiary/aromatic N) is 5. The molecule has 0 saturated carbocycles. The second-order valence-electron chi connectivity index (χ2n) is 9.08. The molecule has 2 N–H and O–H groups in total. The molecular weight excluding hydrogens is 472 g/mol. The lowest BCUT2D eigenvalue weighted by molar-refractivity contribution is -0.136. The zero-order valence-electron chi connectivity index (χ0n) is 21.0. The molecule has 4 aromatic rings. The van der Waals surface area contributed by atoms with E-state index < -0.39 is 5.97 Å². The number of aromatic nitrogens is 4. The maximum atomic E-state index is 11.9. The molecule has 1 aliphatic heterocycles. The first-order valence-corrected chi connectivity index (χ1v) is 12.9. The highest BCUT2D eigenvalue weighted by Gasteiger charge is 2.30. The number of fused-ring (bicyclic) bond motifs is 3. The SMILES string of the molecule is CSN1Cc2cc(Nc3nnn(C)n3)ccc2-c2c(C)c(-c3ccc(C)cc3)c(CC(=O)O)c(C)c21. The average molecular weight is 501 g/mol. The zero-order valence-corrected chi connectivity index (χ0v) is 21.8. The van der Waals surface area contributed by atoms with Crippen molar-refractivity contribution in [2.24, 2.45) is 7.05 Å². The van der Waals surface area contributed by atoms with Gasteiger partial charge in [-0.2, -0.15) is 4.80 Å². The fourth-order valence-electron chi connectivity index (χ4n) is 5.07. The third-order valence-corrected chi connectivity index (χ3v) is 7.44. The van der Waals surface area contributed by atoms with Gasteiger partial charge < -0.3 is 14.7 Å². The smallest absolute Gasteiger partial charge is 0.307 e. The Kier molecular flexibility index (Phi) is 6.17. The van der Waals surface area contributed by atoms with E-state index in [0.717, 1.165) is 50.3 Å². The third kappa shape index (κ3) is 4.19. The molecule has 1 aromatic heterocycles. The summed E-state index contributed by atoms with van der Waals surface area (Å²) in [7, 11) is 1.73. The van der Waals surface area contributed by atoms with Crippen molar-refractivity contribution in [3.63, 3.8) is 0 Å². The van der Waals surface area contributed by atoms with Crippen molar-refractivity contribution in [3.8, 4) is 22.3 Å². The van der Waals surface area contributed by atoms with Gasteiger partial charge in [-0.1, -0.05) is 52.9 Å². The number of benzene rings is 3. The van der Waals surface area contributed by atoms with Gasteiger partial charge in [-0.25, -0.2) is 0 Å². The van der Waals surface area contributed by atoms with Crippen molar-refractivity contribution >= 4 is 35.2 Å². The first kappa shape index (κ1) is 23.9. The summed E-state index contributed by atoms with van der Waals surface area (Å²) >= 11 is 1.65. The molecule has 2 heterocycles. The summed E-state index contributed by atoms with van der Waals surface area (Å²) in [5.41, 5.74) is 11.7. The minimum absolute atomic E-state index is 0.0216. The van der Waals surface area contributed by atoms with E-state index in [1.165, 1.54) is 15.9 Å². The van der Waals surface area contributed by atoms with Gasteiger partial charge in [0.15, 0.2) is 0 Å². The summed E-state index contributed by atoms with van der Waals surface area (Å²) in [5.74, 6) is -0.381. The maximum absolute atomic E-state index is 11.9. The van der Waals surface area contributed by atoms with E-state index in [-0.39, 0.29) is 6.42 Å². The van der Waals surface area contributed by atoms with Crippen molar-refractivity contribution in [1.82, 2.24) is 20.2 Å². The Morgan fingerprint density at radius 1 is 1.08 bits per heavy atom. The van der Waals surface area contributed by atoms with Crippen LogP contribution in [0.2, 0.25) is 0 Å². The fraction of sp³-hybridized carbons (Fsp3) is 0.259. The highest BCUT2D eigenvalue weighted by atomic mass is 32.2. The Bertz CT molecular complexity index is 1480. The van der Waals surface area contributed by atoms with Crippen LogP contribution in [-0.2, 0) is 24.8 Å². The van der Waals surface area contributed by atoms with Crippen LogP contribution in [0.1, 0.15) is 27.8 Å². The van der Waals surface area contributed by atoms with E-state index in [2.05, 4.69) is 88.5 Å². The van der Waals surface area contributed by atoms with Gasteiger partial charge in [-0.15, -0.1) is 5.10 Å². The quantitative estimate of drug-likeness (QED) is 0.338. The summed E-state index contributed by atoms with van der Waals surface area (Å²) < 4.78 is 2.26. The number of carboxylic acid groups (broad SMARTS) is 1. The predicted octanol–water partition coefficient (Wildman–Crippen LogP) is 5.44. The first-order valence-electron chi connectivity index (χ1n) is 11.7. The van der Waals surface area contributed by atoms with Gasteiger partial charge in [0.25, 0.3) is 5.95 Å². The molecule has 0 amide bonds. The molecule has 0 saturated heterocycles. The lowest BCUT2D eigenvalue weighted by Gasteiger charge is -2.36. The number of anilines is 3. The molecule has 0 fully saturated rings. The van der Waals surface area contributed by atoms with E-state index >= 15 is 0 Å². The number of aryl methyl sites for hydroxylation is 2. The summed E-state index contributed by atoms with van der Waals surface area (Å²) in [6.07, 6.45) is 2.03. The molecule has 184 valence electrons. The maximum Gasteiger partial charge on any atom is 0.307 e. The van der Waals surface area contributed by atoms with Crippen LogP contribution in [-0.4, -0.2) is 37.5 Å². The van der Waals surface area contributed by atoms with Crippen molar-refractivity contribution in [1.29, 1.82) is 0 Å². The average Bonchev–Trinajstić information content (AvgIpc) is 3.26. The monoisotopic (exact) mass is 500 g/mol. The molecule has 0 bridgehead atoms. The Hall–Kier alpha value is -3.85. The van der Waals surface area contributed by atoms with Gasteiger partial charge in [0, 0.05) is 17.5 Å². The van der Waals surface area contributed by atoms with Gasteiger partial charge in [0.2, 0.25) is 0 Å². The highest BCUT2D eigenvalue weighted by Crippen LogP contribution is 2.50. The van der Waals surface area contributed by atoms with Gasteiger partial charge >= 0.3 is 5.97 Å². The van der Waals surface area contributed by atoms with Gasteiger partial charge in [0.05, 0.1) is 25.7 Å². The lowest BCUT2D eigenvalue weighted by Crippen LogP contribution is -2.22. The Morgan fingerprint density at radius 3 is 2.47 bits per heavy atom. The topological polar surface area (TPSA) is 96.2 Å². The van der Waals surface area contributed by atoms with Crippen LogP contribution < -0.4 is 9.62 Å². The molecule has 0 spiro atoms. The van der Waals surface area contributed by atoms with E-state index in [1.807, 2.05) is 6.07 Å². The van der Waals surface area contributed by atoms with Crippen molar-refractivity contribution in [3.05, 3.63) is 70.3 Å². The summed E-state index contributed by atoms with van der Waals surface area (Å²) in [5, 5.41) is 25.2. The fourth-order valence-corrected chi connectivity index (χ4v) is 5.75. The number of hydrogen-bond acceptors (Lipinski definition) is 7. The molecule has 8 nitrogen and oxygen atoms in total. The second kappa shape index (κ2) is 9.31. The molecule has 0 aliphatic carbocycles. The summed E-state index contributed by atoms with van der Waals surface area (Å²) in [6.45, 7) is 6.92. The molecule has 1 aliphatic rings. The van der Waals surface area contributed by atoms with Crippen molar-refractivity contribution < 1.29 is 9.90 Å². The summed E-state index contributed by atoms with van der Waals surface area (Å²) in [6, 6.07) is 14.6. The van der Waals surface area contributed by atoms with Gasteiger partial charge in [-0.05, 0) is 77.1 Å². The number of carboxylic acids is 1. The minimum atomic E-state index is -0.828. The Morgan fingerprint density at radius 2 is 1.83 bits per heavy atom. The second-order valence-corrected chi connectivity index (χ2v) is 9.89. The first-order chi connectivity index (χ1) is 17.3. The van der Waals surface area contributed by atoms with Crippen LogP contribution in [0.3, 0.4) is 0 Å². The molecule has 0 radical (unpaired) electrons. The van der Waals surface area contributed by atoms with E-state index in [9.17, 15) is 9.90 Å². The van der Waals surface area contributed by atoms with Crippen LogP contribution in [0.5, 0.6) is 0 Å². The highest BCUT2D eigenvalue weighted by molar-refractivity contribution is 7.99. The van der Waals surface area contributed by atoms with Gasteiger partial charge in [-0.3, -0.25) is 4.79 Å². The normalized spacial score (nSPS) is 12.3. The van der Waals surface area contributed by atoms with E-state index in [4.69, 9.17) is 0 Å². The minimum Gasteiger partial charge on any atom is -0.481 e. The van der Waals surface area contributed by atoms with Crippen LogP contribution in [0, 0.1) is 20.8 Å². The number of tetrazole rings is 1. The standard InChI is InChI=1S/C27H28N6O2S/c1-15-6-8-18(9-7-15)24-17(3)25-21-11-10-20(28-27-29-31-32(4)30-27)12-19(21)14-33(36-5)26(25)16(2)22(24)13-23(34)35/h6-12H,13-14H2,1-5H3,(H,28,30)(H,34,35). The molecule has 36 heavy (non-hydrogen) atoms. The van der Waals surface area contributed by atoms with Gasteiger partial charge in [0.1, 0.15) is 0 Å². The van der Waals surface area contributed by atoms with E-state index in [0.29, 0.717) is 12.5 Å². The number of aliphatic carboxylic acids is 1. The molecule has 3 aromatic carbocycles. The number of rotatable bonds is 6. The largest absolute Gasteiger partial charge is 0.481 e. The third-order valence-electron chi connectivity index (χ3n) is 6.69.